The van der Waals surface area contributed by atoms with Crippen molar-refractivity contribution in [3.05, 3.63) is 118 Å². The molecule has 4 heterocycles. The summed E-state index contributed by atoms with van der Waals surface area (Å²) in [4.78, 5) is 31.6. The molecule has 0 spiro atoms. The van der Waals surface area contributed by atoms with Crippen LogP contribution in [0.5, 0.6) is 23.3 Å². The molecule has 0 aliphatic heterocycles. The van der Waals surface area contributed by atoms with E-state index >= 15 is 0 Å². The fraction of sp³-hybridized carbons (Fsp3) is 0.333. The maximum Gasteiger partial charge on any atom is 0.338 e. The Morgan fingerprint density at radius 2 is 1.18 bits per heavy atom. The van der Waals surface area contributed by atoms with Gasteiger partial charge in [0.1, 0.15) is 31.6 Å². The number of aromatic nitrogens is 6. The van der Waals surface area contributed by atoms with Gasteiger partial charge in [-0.3, -0.25) is 4.79 Å². The molecule has 0 unspecified atom stereocenters. The summed E-state index contributed by atoms with van der Waals surface area (Å²) in [5.74, 6) is 0.156. The number of amides is 1. The van der Waals surface area contributed by atoms with Crippen molar-refractivity contribution in [2.24, 2.45) is 16.0 Å². The van der Waals surface area contributed by atoms with E-state index in [4.69, 9.17) is 55.1 Å². The second-order valence-electron chi connectivity index (χ2n) is 16.6. The Hall–Kier alpha value is -4.41. The largest absolute Gasteiger partial charge is 0.495 e. The summed E-state index contributed by atoms with van der Waals surface area (Å²) in [6, 6.07) is 18.6. The number of primary sulfonamides is 1. The first-order valence-electron chi connectivity index (χ1n) is 21.8. The molecule has 2 radical (unpaired) electrons. The van der Waals surface area contributed by atoms with Crippen molar-refractivity contribution in [1.29, 1.82) is 0 Å². The third-order valence-corrected chi connectivity index (χ3v) is 13.4. The Bertz CT molecular complexity index is 3160. The molecule has 6 aromatic rings. The molecule has 19 nitrogen and oxygen atoms in total. The fourth-order valence-corrected chi connectivity index (χ4v) is 8.17. The number of rotatable bonds is 15. The van der Waals surface area contributed by atoms with E-state index in [0.29, 0.717) is 36.6 Å². The monoisotopic (exact) mass is 1390 g/mol. The molecule has 26 heteroatoms. The molecule has 0 bridgehead atoms. The number of hydrogen-bond donors (Lipinski definition) is 3. The van der Waals surface area contributed by atoms with Gasteiger partial charge in [0.05, 0.1) is 46.4 Å². The van der Waals surface area contributed by atoms with Gasteiger partial charge in [0.15, 0.2) is 11.6 Å². The third kappa shape index (κ3) is 17.1. The van der Waals surface area contributed by atoms with Crippen LogP contribution in [0, 0.1) is 55.8 Å². The zero-order chi connectivity index (χ0) is 53.4. The molecule has 0 atom stereocenters. The van der Waals surface area contributed by atoms with E-state index in [1.807, 2.05) is 11.6 Å². The molecule has 4 aromatic heterocycles. The summed E-state index contributed by atoms with van der Waals surface area (Å²) in [6.07, 6.45) is 8.01. The number of hydrogen-bond acceptors (Lipinski definition) is 14. The minimum Gasteiger partial charge on any atom is -0.495 e. The van der Waals surface area contributed by atoms with Gasteiger partial charge in [0.25, 0.3) is 15.9 Å². The zero-order valence-electron chi connectivity index (χ0n) is 41.1. The van der Waals surface area contributed by atoms with Gasteiger partial charge >= 0.3 is 5.97 Å². The maximum atomic E-state index is 12.7. The molecule has 376 valence electrons. The molecule has 2 aliphatic rings. The maximum absolute atomic E-state index is 12.7. The van der Waals surface area contributed by atoms with Crippen LogP contribution in [0.25, 0.3) is 11.6 Å². The average molecular weight is 1390 g/mol. The number of nitrogens with zero attached hydrogens (tertiary/aromatic N) is 6. The van der Waals surface area contributed by atoms with E-state index in [-0.39, 0.29) is 84.7 Å². The van der Waals surface area contributed by atoms with E-state index in [2.05, 4.69) is 41.9 Å². The zero-order valence-corrected chi connectivity index (χ0v) is 48.6. The summed E-state index contributed by atoms with van der Waals surface area (Å²) in [5.41, 5.74) is 2.11. The van der Waals surface area contributed by atoms with Crippen molar-refractivity contribution >= 4 is 85.6 Å². The Morgan fingerprint density at radius 3 is 1.56 bits per heavy atom. The van der Waals surface area contributed by atoms with Crippen LogP contribution in [-0.2, 0) is 20.0 Å². The average Bonchev–Trinajstić information content (AvgIpc) is 4.06. The van der Waals surface area contributed by atoms with E-state index in [0.717, 1.165) is 24.0 Å². The van der Waals surface area contributed by atoms with Crippen LogP contribution < -0.4 is 28.8 Å². The van der Waals surface area contributed by atoms with Crippen LogP contribution in [0.1, 0.15) is 74.1 Å². The van der Waals surface area contributed by atoms with Crippen LogP contribution in [0.3, 0.4) is 0 Å². The van der Waals surface area contributed by atoms with Crippen LogP contribution in [0.4, 0.5) is 0 Å². The van der Waals surface area contributed by atoms with Gasteiger partial charge in [-0.15, -0.1) is 10.2 Å². The predicted octanol–water partition coefficient (Wildman–Crippen LogP) is 7.53. The third-order valence-electron chi connectivity index (χ3n) is 10.5. The van der Waals surface area contributed by atoms with Crippen LogP contribution in [0.15, 0.2) is 95.0 Å². The minimum absolute atomic E-state index is 0. The van der Waals surface area contributed by atoms with E-state index in [1.54, 1.807) is 61.8 Å². The fourth-order valence-electron chi connectivity index (χ4n) is 5.91. The molecule has 2 aliphatic carbocycles. The molecule has 0 saturated heterocycles. The number of nitrogens with two attached hydrogens (primary N) is 1. The number of carbonyl (C=O) groups is 2. The number of methoxy groups -OCH3 is 2. The normalized spacial score (nSPS) is 14.3. The summed E-state index contributed by atoms with van der Waals surface area (Å²) < 4.78 is 85.1. The number of carboxylic acid groups (broad SMARTS) is 1. The molecule has 4 N–H and O–H groups in total. The minimum atomic E-state index is -4.20. The molecule has 8 rings (SSSR count). The first-order valence-corrected chi connectivity index (χ1v) is 25.7. The van der Waals surface area contributed by atoms with Gasteiger partial charge in [-0.1, -0.05) is 71.8 Å². The number of aromatic carboxylic acids is 1. The second-order valence-corrected chi connectivity index (χ2v) is 21.1. The Morgan fingerprint density at radius 1 is 0.775 bits per heavy atom. The summed E-state index contributed by atoms with van der Waals surface area (Å²) >= 11 is 13.5. The van der Waals surface area contributed by atoms with Gasteiger partial charge < -0.3 is 24.1 Å². The molecule has 71 heavy (non-hydrogen) atoms. The van der Waals surface area contributed by atoms with Crippen LogP contribution in [0.2, 0.25) is 10.3 Å². The van der Waals surface area contributed by atoms with Crippen molar-refractivity contribution in [3.63, 3.8) is 0 Å². The van der Waals surface area contributed by atoms with Crippen molar-refractivity contribution in [3.8, 4) is 34.9 Å². The number of nitrogens with one attached hydrogen (secondary N) is 1. The van der Waals surface area contributed by atoms with Gasteiger partial charge in [0, 0.05) is 69.2 Å². The molecule has 2 saturated carbocycles. The Kier molecular flexibility index (Phi) is 20.1. The van der Waals surface area contributed by atoms with Crippen molar-refractivity contribution in [2.75, 3.05) is 31.7 Å². The van der Waals surface area contributed by atoms with Crippen molar-refractivity contribution < 1.29 is 84.3 Å². The number of ether oxygens (including phenoxy) is 4. The molecular formula is C45H50BCl2IN8O11S2U. The number of alkyl halides is 1. The molecule has 2 fully saturated rings. The number of halogens is 3. The van der Waals surface area contributed by atoms with Crippen molar-refractivity contribution in [1.82, 2.24) is 34.3 Å². The molecule has 1 amide bonds. The predicted molar refractivity (Wildman–Crippen MR) is 271 cm³/mol. The molecule has 2 aromatic carbocycles. The number of aryl methyl sites for hydroxylation is 2. The van der Waals surface area contributed by atoms with Gasteiger partial charge in [-0.05, 0) is 103 Å². The summed E-state index contributed by atoms with van der Waals surface area (Å²) in [5, 5.41) is 22.2. The smallest absolute Gasteiger partial charge is 0.338 e. The Balaban J connectivity index is 0.000000246. The van der Waals surface area contributed by atoms with Gasteiger partial charge in [0.2, 0.25) is 21.8 Å². The second kappa shape index (κ2) is 25.5. The number of carbonyl (C=O) groups excluding carboxylic acids is 1. The van der Waals surface area contributed by atoms with E-state index < -0.39 is 36.2 Å². The van der Waals surface area contributed by atoms with Gasteiger partial charge in [-0.2, -0.15) is 0 Å². The first kappa shape index (κ1) is 55.9. The van der Waals surface area contributed by atoms with Gasteiger partial charge in [-0.25, -0.2) is 50.8 Å². The summed E-state index contributed by atoms with van der Waals surface area (Å²) in [7, 11) is -0.454. The number of carboxylic acids is 1. The van der Waals surface area contributed by atoms with Crippen molar-refractivity contribution in [2.45, 2.75) is 63.2 Å². The number of benzene rings is 2. The van der Waals surface area contributed by atoms with Crippen LogP contribution >= 0.6 is 45.8 Å². The topological polar surface area (TPSA) is 259 Å². The summed E-state index contributed by atoms with van der Waals surface area (Å²) in [6.45, 7) is 9.22. The van der Waals surface area contributed by atoms with E-state index in [1.165, 1.54) is 89.3 Å². The number of pyridine rings is 2. The Labute approximate surface area is 463 Å². The van der Waals surface area contributed by atoms with Crippen LogP contribution in [-0.4, -0.2) is 103 Å². The number of sulfonamides is 2. The standard InChI is InChI=1S/C22H23ClN4O5S.C14H14ClN3O3.C8H11NO3S.CH2BI.U/c1-14-4-6-17(16(12-14)31-3)33(29,30)26-21(28)15-5-7-18(24-20(15)23)27-11-8-19(25-27)32-13-22(2)9-10-22;1-14(5-6-14)8-21-11-4-7-18(17-11)10-3-2-9(13(19)20)12(15)16-10;1-6-3-4-8(13(9,10)11)7(5-6)12-2;2-1-3;/h4-8,11-12H,9-10,13H2,1-3H3,(H,26,28);2-4,7H,5-6,8H2,1H3,(H,19,20);3-5H,1-2H3,(H2,9,10,11);1H2;/i;;;1D2;. The molecular weight excluding hydrogens is 1340 g/mol. The SMILES string of the molecule is CC1(COc2ccn(-c3ccc(C(=O)O)c(Cl)n3)n2)CC1.COc1cc(C)ccc1S(=O)(=O)NC(=O)c1ccc(-n2ccc(OCC3(C)CC3)n2)nc1Cl.COc1cc(C)ccc1S(N)(=O)=O.[2H]C([2H])([B])I.[U]. The first-order chi connectivity index (χ1) is 33.5. The van der Waals surface area contributed by atoms with E-state index in [9.17, 15) is 26.4 Å². The quantitative estimate of drug-likeness (QED) is 0.0388.